The molecule has 1 heterocycles. The van der Waals surface area contributed by atoms with Crippen molar-refractivity contribution < 1.29 is 14.1 Å². The summed E-state index contributed by atoms with van der Waals surface area (Å²) >= 11 is 9.75. The number of hydrogen-bond donors (Lipinski definition) is 1. The van der Waals surface area contributed by atoms with Crippen molar-refractivity contribution in [3.63, 3.8) is 0 Å². The molecule has 0 spiro atoms. The first-order valence-electron chi connectivity index (χ1n) is 5.02. The quantitative estimate of drug-likeness (QED) is 0.517. The lowest BCUT2D eigenvalue weighted by atomic mass is 10.2. The van der Waals surface area contributed by atoms with Crippen LogP contribution in [0.2, 0.25) is 5.02 Å². The minimum absolute atomic E-state index is 0.00736. The Morgan fingerprint density at radius 3 is 2.72 bits per heavy atom. The van der Waals surface area contributed by atoms with Gasteiger partial charge < -0.3 is 4.90 Å². The molecule has 1 fully saturated rings. The zero-order chi connectivity index (χ0) is 13.4. The van der Waals surface area contributed by atoms with Crippen molar-refractivity contribution in [2.24, 2.45) is 0 Å². The van der Waals surface area contributed by atoms with Crippen LogP contribution in [-0.4, -0.2) is 22.6 Å². The summed E-state index contributed by atoms with van der Waals surface area (Å²) in [4.78, 5) is 23.0. The highest BCUT2D eigenvalue weighted by Gasteiger charge is 2.33. The molecule has 2 rings (SSSR count). The van der Waals surface area contributed by atoms with Gasteiger partial charge in [0.1, 0.15) is 11.5 Å². The number of nitro benzene ring substituents is 1. The molecule has 8 heteroatoms. The lowest BCUT2D eigenvalue weighted by Gasteiger charge is -2.16. The number of nitrogens with zero attached hydrogens (tertiary/aromatic N) is 2. The van der Waals surface area contributed by atoms with Crippen LogP contribution in [0.1, 0.15) is 6.42 Å². The van der Waals surface area contributed by atoms with E-state index in [1.54, 1.807) is 0 Å². The van der Waals surface area contributed by atoms with Crippen molar-refractivity contribution in [3.05, 3.63) is 33.1 Å². The van der Waals surface area contributed by atoms with Gasteiger partial charge in [-0.25, -0.2) is 4.39 Å². The van der Waals surface area contributed by atoms with Crippen LogP contribution in [0, 0.1) is 15.9 Å². The number of anilines is 1. The fraction of sp³-hybridized carbons (Fsp3) is 0.300. The summed E-state index contributed by atoms with van der Waals surface area (Å²) < 4.78 is 13.2. The Kier molecular flexibility index (Phi) is 3.45. The first kappa shape index (κ1) is 13.1. The summed E-state index contributed by atoms with van der Waals surface area (Å²) in [6, 6.07) is 1.82. The molecule has 18 heavy (non-hydrogen) atoms. The maximum absolute atomic E-state index is 13.2. The van der Waals surface area contributed by atoms with Gasteiger partial charge in [0.05, 0.1) is 16.0 Å². The molecule has 5 nitrogen and oxygen atoms in total. The van der Waals surface area contributed by atoms with E-state index in [0.29, 0.717) is 0 Å². The molecule has 0 saturated carbocycles. The van der Waals surface area contributed by atoms with E-state index in [9.17, 15) is 19.3 Å². The molecule has 1 atom stereocenters. The molecule has 1 amide bonds. The number of benzene rings is 1. The lowest BCUT2D eigenvalue weighted by Crippen LogP contribution is -2.25. The minimum Gasteiger partial charge on any atom is -0.305 e. The van der Waals surface area contributed by atoms with Crippen molar-refractivity contribution in [2.45, 2.75) is 11.7 Å². The summed E-state index contributed by atoms with van der Waals surface area (Å²) in [5.74, 6) is -1.18. The highest BCUT2D eigenvalue weighted by atomic mass is 35.5. The Morgan fingerprint density at radius 2 is 2.22 bits per heavy atom. The third-order valence-electron chi connectivity index (χ3n) is 2.61. The Hall–Kier alpha value is -1.34. The number of nitro groups is 1. The number of amides is 1. The number of carbonyl (C=O) groups excluding carboxylic acids is 1. The summed E-state index contributed by atoms with van der Waals surface area (Å²) in [6.07, 6.45) is 0.190. The Balaban J connectivity index is 2.52. The monoisotopic (exact) mass is 290 g/mol. The highest BCUT2D eigenvalue weighted by Crippen LogP contribution is 2.36. The third-order valence-corrected chi connectivity index (χ3v) is 3.25. The standard InChI is InChI=1S/C10H8ClFN2O3S/c11-6-2-8(9(14(16)17)3-7(6)12)13-4-5(18)1-10(13)15/h2-3,5,18H,1,4H2. The fourth-order valence-electron chi connectivity index (χ4n) is 1.81. The molecule has 1 unspecified atom stereocenters. The molecule has 0 aromatic heterocycles. The number of thiol groups is 1. The van der Waals surface area contributed by atoms with E-state index in [2.05, 4.69) is 12.6 Å². The van der Waals surface area contributed by atoms with E-state index in [0.717, 1.165) is 12.1 Å². The summed E-state index contributed by atoms with van der Waals surface area (Å²) in [5.41, 5.74) is -0.472. The normalized spacial score (nSPS) is 19.4. The van der Waals surface area contributed by atoms with Gasteiger partial charge in [-0.15, -0.1) is 0 Å². The number of halogens is 2. The smallest absolute Gasteiger partial charge is 0.295 e. The summed E-state index contributed by atoms with van der Waals surface area (Å²) in [5, 5.41) is 10.4. The Bertz CT molecular complexity index is 540. The van der Waals surface area contributed by atoms with Gasteiger partial charge >= 0.3 is 0 Å². The zero-order valence-corrected chi connectivity index (χ0v) is 10.6. The predicted octanol–water partition coefficient (Wildman–Crippen LogP) is 2.42. The van der Waals surface area contributed by atoms with Crippen LogP contribution in [0.5, 0.6) is 0 Å². The van der Waals surface area contributed by atoms with Crippen molar-refractivity contribution in [2.75, 3.05) is 11.4 Å². The second-order valence-electron chi connectivity index (χ2n) is 3.87. The summed E-state index contributed by atoms with van der Waals surface area (Å²) in [7, 11) is 0. The first-order chi connectivity index (χ1) is 8.40. The van der Waals surface area contributed by atoms with Crippen LogP contribution in [0.15, 0.2) is 12.1 Å². The van der Waals surface area contributed by atoms with Crippen LogP contribution in [0.4, 0.5) is 15.8 Å². The lowest BCUT2D eigenvalue weighted by molar-refractivity contribution is -0.384. The second-order valence-corrected chi connectivity index (χ2v) is 5.01. The Labute approximate surface area is 112 Å². The van der Waals surface area contributed by atoms with Crippen molar-refractivity contribution >= 4 is 41.5 Å². The van der Waals surface area contributed by atoms with Gasteiger partial charge in [-0.3, -0.25) is 14.9 Å². The molecular weight excluding hydrogens is 283 g/mol. The average Bonchev–Trinajstić information content (AvgIpc) is 2.61. The second kappa shape index (κ2) is 4.74. The van der Waals surface area contributed by atoms with E-state index in [1.807, 2.05) is 0 Å². The SMILES string of the molecule is O=C1CC(S)CN1c1cc(Cl)c(F)cc1[N+](=O)[O-]. The van der Waals surface area contributed by atoms with Gasteiger partial charge in [0.25, 0.3) is 5.69 Å². The maximum atomic E-state index is 13.2. The van der Waals surface area contributed by atoms with E-state index >= 15 is 0 Å². The van der Waals surface area contributed by atoms with Gasteiger partial charge in [0.15, 0.2) is 0 Å². The maximum Gasteiger partial charge on any atom is 0.295 e. The van der Waals surface area contributed by atoms with Crippen LogP contribution in [0.3, 0.4) is 0 Å². The average molecular weight is 291 g/mol. The molecule has 1 aliphatic heterocycles. The minimum atomic E-state index is -0.888. The van der Waals surface area contributed by atoms with Gasteiger partial charge in [-0.1, -0.05) is 11.6 Å². The molecule has 0 aliphatic carbocycles. The van der Waals surface area contributed by atoms with Crippen molar-refractivity contribution in [1.82, 2.24) is 0 Å². The van der Waals surface area contributed by atoms with Crippen LogP contribution < -0.4 is 4.90 Å². The molecule has 1 aromatic carbocycles. The number of hydrogen-bond acceptors (Lipinski definition) is 4. The topological polar surface area (TPSA) is 63.5 Å². The van der Waals surface area contributed by atoms with E-state index in [1.165, 1.54) is 4.90 Å². The largest absolute Gasteiger partial charge is 0.305 e. The highest BCUT2D eigenvalue weighted by molar-refractivity contribution is 7.81. The third kappa shape index (κ3) is 2.28. The predicted molar refractivity (Wildman–Crippen MR) is 67.8 cm³/mol. The van der Waals surface area contributed by atoms with Crippen LogP contribution in [0.25, 0.3) is 0 Å². The molecule has 96 valence electrons. The van der Waals surface area contributed by atoms with Crippen molar-refractivity contribution in [3.8, 4) is 0 Å². The van der Waals surface area contributed by atoms with Gasteiger partial charge in [0, 0.05) is 18.2 Å². The van der Waals surface area contributed by atoms with Crippen molar-refractivity contribution in [1.29, 1.82) is 0 Å². The number of carbonyl (C=O) groups is 1. The summed E-state index contributed by atoms with van der Waals surface area (Å²) in [6.45, 7) is 0.241. The molecule has 1 aromatic rings. The number of rotatable bonds is 2. The van der Waals surface area contributed by atoms with Crippen LogP contribution >= 0.6 is 24.2 Å². The molecule has 0 N–H and O–H groups in total. The Morgan fingerprint density at radius 1 is 1.56 bits per heavy atom. The van der Waals surface area contributed by atoms with Crippen LogP contribution in [-0.2, 0) is 4.79 Å². The fourth-order valence-corrected chi connectivity index (χ4v) is 2.29. The van der Waals surface area contributed by atoms with Gasteiger partial charge in [0.2, 0.25) is 5.91 Å². The molecule has 1 aliphatic rings. The molecule has 0 bridgehead atoms. The molecule has 0 radical (unpaired) electrons. The van der Waals surface area contributed by atoms with E-state index in [-0.39, 0.29) is 34.8 Å². The first-order valence-corrected chi connectivity index (χ1v) is 5.91. The molecular formula is C10H8ClFN2O3S. The van der Waals surface area contributed by atoms with Gasteiger partial charge in [-0.05, 0) is 6.07 Å². The zero-order valence-electron chi connectivity index (χ0n) is 8.97. The van der Waals surface area contributed by atoms with Gasteiger partial charge in [-0.2, -0.15) is 12.6 Å². The van der Waals surface area contributed by atoms with E-state index in [4.69, 9.17) is 11.6 Å². The van der Waals surface area contributed by atoms with E-state index < -0.39 is 16.4 Å². The molecule has 1 saturated heterocycles.